The highest BCUT2D eigenvalue weighted by Crippen LogP contribution is 2.25. The SMILES string of the molecule is Nc1cccc(C(=O)NCCc2ncno2)c1[N+](=O)[O-]. The third-order valence-corrected chi connectivity index (χ3v) is 2.53. The second kappa shape index (κ2) is 5.78. The molecule has 20 heavy (non-hydrogen) atoms. The van der Waals surface area contributed by atoms with Gasteiger partial charge >= 0.3 is 5.69 Å². The van der Waals surface area contributed by atoms with Crippen LogP contribution < -0.4 is 11.1 Å². The molecular weight excluding hydrogens is 266 g/mol. The summed E-state index contributed by atoms with van der Waals surface area (Å²) in [5, 5.41) is 16.9. The van der Waals surface area contributed by atoms with Gasteiger partial charge in [0.1, 0.15) is 11.3 Å². The van der Waals surface area contributed by atoms with Crippen molar-refractivity contribution in [1.29, 1.82) is 0 Å². The molecule has 3 N–H and O–H groups in total. The Labute approximate surface area is 112 Å². The first kappa shape index (κ1) is 13.5. The zero-order valence-electron chi connectivity index (χ0n) is 10.3. The minimum atomic E-state index is -0.678. The molecule has 0 radical (unpaired) electrons. The third-order valence-electron chi connectivity index (χ3n) is 2.53. The largest absolute Gasteiger partial charge is 0.393 e. The van der Waals surface area contributed by atoms with Crippen LogP contribution in [0.3, 0.4) is 0 Å². The number of nitrogens with zero attached hydrogens (tertiary/aromatic N) is 3. The van der Waals surface area contributed by atoms with Gasteiger partial charge < -0.3 is 15.6 Å². The van der Waals surface area contributed by atoms with Gasteiger partial charge in [-0.25, -0.2) is 0 Å². The van der Waals surface area contributed by atoms with Crippen molar-refractivity contribution in [2.24, 2.45) is 0 Å². The minimum Gasteiger partial charge on any atom is -0.393 e. The molecule has 0 saturated carbocycles. The number of nitrogens with two attached hydrogens (primary N) is 1. The Morgan fingerprint density at radius 2 is 2.30 bits per heavy atom. The number of hydrogen-bond acceptors (Lipinski definition) is 7. The molecule has 0 aliphatic rings. The number of benzene rings is 1. The predicted octanol–water partition coefficient (Wildman–Crippen LogP) is 0.532. The van der Waals surface area contributed by atoms with Gasteiger partial charge in [-0.2, -0.15) is 4.98 Å². The number of aromatic nitrogens is 2. The van der Waals surface area contributed by atoms with Crippen LogP contribution in [0.1, 0.15) is 16.2 Å². The van der Waals surface area contributed by atoms with Crippen molar-refractivity contribution in [3.63, 3.8) is 0 Å². The van der Waals surface area contributed by atoms with E-state index in [0.29, 0.717) is 12.3 Å². The van der Waals surface area contributed by atoms with E-state index in [-0.39, 0.29) is 17.8 Å². The van der Waals surface area contributed by atoms with E-state index in [9.17, 15) is 14.9 Å². The molecule has 0 fully saturated rings. The van der Waals surface area contributed by atoms with Crippen molar-refractivity contribution in [2.45, 2.75) is 6.42 Å². The second-order valence-electron chi connectivity index (χ2n) is 3.84. The van der Waals surface area contributed by atoms with Crippen molar-refractivity contribution in [2.75, 3.05) is 12.3 Å². The standard InChI is InChI=1S/C11H11N5O4/c12-8-3-1-2-7(10(8)16(18)19)11(17)13-5-4-9-14-6-15-20-9/h1-3,6H,4-5,12H2,(H,13,17). The number of nitro benzene ring substituents is 1. The number of nitro groups is 1. The number of carbonyl (C=O) groups is 1. The van der Waals surface area contributed by atoms with E-state index in [2.05, 4.69) is 15.5 Å². The molecular formula is C11H11N5O4. The molecule has 0 spiro atoms. The first-order valence-electron chi connectivity index (χ1n) is 5.66. The van der Waals surface area contributed by atoms with E-state index in [1.165, 1.54) is 24.5 Å². The van der Waals surface area contributed by atoms with Gasteiger partial charge in [-0.15, -0.1) is 0 Å². The maximum Gasteiger partial charge on any atom is 0.304 e. The quantitative estimate of drug-likeness (QED) is 0.462. The van der Waals surface area contributed by atoms with E-state index in [4.69, 9.17) is 10.3 Å². The van der Waals surface area contributed by atoms with Crippen LogP contribution in [-0.2, 0) is 6.42 Å². The summed E-state index contributed by atoms with van der Waals surface area (Å²) in [4.78, 5) is 25.9. The lowest BCUT2D eigenvalue weighted by molar-refractivity contribution is -0.384. The lowest BCUT2D eigenvalue weighted by Gasteiger charge is -2.05. The first-order valence-corrected chi connectivity index (χ1v) is 5.66. The Morgan fingerprint density at radius 3 is 2.95 bits per heavy atom. The zero-order valence-corrected chi connectivity index (χ0v) is 10.3. The Balaban J connectivity index is 2.06. The highest BCUT2D eigenvalue weighted by molar-refractivity contribution is 6.00. The summed E-state index contributed by atoms with van der Waals surface area (Å²) in [5.41, 5.74) is 4.97. The van der Waals surface area contributed by atoms with Crippen LogP contribution in [0.15, 0.2) is 29.0 Å². The molecule has 1 aromatic heterocycles. The number of amides is 1. The summed E-state index contributed by atoms with van der Waals surface area (Å²) in [5.74, 6) is -0.212. The lowest BCUT2D eigenvalue weighted by atomic mass is 10.1. The lowest BCUT2D eigenvalue weighted by Crippen LogP contribution is -2.26. The molecule has 0 unspecified atom stereocenters. The molecule has 0 atom stereocenters. The molecule has 2 aromatic rings. The summed E-state index contributed by atoms with van der Waals surface area (Å²) in [6.45, 7) is 0.215. The van der Waals surface area contributed by atoms with E-state index < -0.39 is 16.5 Å². The van der Waals surface area contributed by atoms with Gasteiger partial charge in [0.2, 0.25) is 5.89 Å². The molecule has 0 saturated heterocycles. The van der Waals surface area contributed by atoms with Gasteiger partial charge in [0.05, 0.1) is 4.92 Å². The highest BCUT2D eigenvalue weighted by atomic mass is 16.6. The van der Waals surface area contributed by atoms with Crippen LogP contribution in [0.2, 0.25) is 0 Å². The molecule has 104 valence electrons. The van der Waals surface area contributed by atoms with Gasteiger partial charge in [0, 0.05) is 13.0 Å². The normalized spacial score (nSPS) is 10.2. The number of anilines is 1. The average Bonchev–Trinajstić information content (AvgIpc) is 2.91. The molecule has 0 aliphatic heterocycles. The summed E-state index contributed by atoms with van der Waals surface area (Å²) >= 11 is 0. The second-order valence-corrected chi connectivity index (χ2v) is 3.84. The zero-order chi connectivity index (χ0) is 14.5. The molecule has 9 nitrogen and oxygen atoms in total. The number of carbonyl (C=O) groups excluding carboxylic acids is 1. The van der Waals surface area contributed by atoms with Crippen LogP contribution in [0.4, 0.5) is 11.4 Å². The van der Waals surface area contributed by atoms with Crippen molar-refractivity contribution < 1.29 is 14.2 Å². The van der Waals surface area contributed by atoms with E-state index >= 15 is 0 Å². The Morgan fingerprint density at radius 1 is 1.50 bits per heavy atom. The Hall–Kier alpha value is -2.97. The van der Waals surface area contributed by atoms with Crippen LogP contribution in [0.5, 0.6) is 0 Å². The Bertz CT molecular complexity index is 626. The summed E-state index contributed by atoms with van der Waals surface area (Å²) in [6.07, 6.45) is 1.59. The van der Waals surface area contributed by atoms with Gasteiger partial charge in [0.15, 0.2) is 6.33 Å². The molecule has 1 heterocycles. The van der Waals surface area contributed by atoms with E-state index in [0.717, 1.165) is 0 Å². The summed E-state index contributed by atoms with van der Waals surface area (Å²) in [7, 11) is 0. The summed E-state index contributed by atoms with van der Waals surface area (Å²) in [6, 6.07) is 4.19. The number of rotatable bonds is 5. The van der Waals surface area contributed by atoms with Crippen LogP contribution in [-0.4, -0.2) is 27.5 Å². The monoisotopic (exact) mass is 277 g/mol. The smallest absolute Gasteiger partial charge is 0.304 e. The molecule has 1 aromatic carbocycles. The minimum absolute atomic E-state index is 0.0560. The van der Waals surface area contributed by atoms with Crippen LogP contribution >= 0.6 is 0 Å². The van der Waals surface area contributed by atoms with Crippen LogP contribution in [0, 0.1) is 10.1 Å². The molecule has 1 amide bonds. The molecule has 0 aliphatic carbocycles. The number of nitrogens with one attached hydrogen (secondary N) is 1. The topological polar surface area (TPSA) is 137 Å². The van der Waals surface area contributed by atoms with E-state index in [1.807, 2.05) is 0 Å². The van der Waals surface area contributed by atoms with E-state index in [1.54, 1.807) is 0 Å². The van der Waals surface area contributed by atoms with Gasteiger partial charge in [-0.1, -0.05) is 11.2 Å². The first-order chi connectivity index (χ1) is 9.59. The van der Waals surface area contributed by atoms with Crippen LogP contribution in [0.25, 0.3) is 0 Å². The summed E-state index contributed by atoms with van der Waals surface area (Å²) < 4.78 is 4.76. The third kappa shape index (κ3) is 2.88. The fourth-order valence-electron chi connectivity index (χ4n) is 1.63. The number of hydrogen-bond donors (Lipinski definition) is 2. The fourth-order valence-corrected chi connectivity index (χ4v) is 1.63. The van der Waals surface area contributed by atoms with Crippen molar-refractivity contribution in [3.05, 3.63) is 46.1 Å². The maximum atomic E-state index is 11.9. The maximum absolute atomic E-state index is 11.9. The number of para-hydroxylation sites is 1. The highest BCUT2D eigenvalue weighted by Gasteiger charge is 2.22. The van der Waals surface area contributed by atoms with Gasteiger partial charge in [-0.05, 0) is 12.1 Å². The van der Waals surface area contributed by atoms with Crippen molar-refractivity contribution >= 4 is 17.3 Å². The average molecular weight is 277 g/mol. The molecule has 9 heteroatoms. The molecule has 0 bridgehead atoms. The predicted molar refractivity (Wildman–Crippen MR) is 67.8 cm³/mol. The Kier molecular flexibility index (Phi) is 3.89. The van der Waals surface area contributed by atoms with Gasteiger partial charge in [0.25, 0.3) is 5.91 Å². The van der Waals surface area contributed by atoms with Gasteiger partial charge in [-0.3, -0.25) is 14.9 Å². The fraction of sp³-hybridized carbons (Fsp3) is 0.182. The number of nitrogen functional groups attached to an aromatic ring is 1. The molecule has 2 rings (SSSR count). The van der Waals surface area contributed by atoms with Crippen molar-refractivity contribution in [1.82, 2.24) is 15.5 Å². The van der Waals surface area contributed by atoms with Crippen molar-refractivity contribution in [3.8, 4) is 0 Å².